The molecule has 0 amide bonds. The molecule has 1 saturated heterocycles. The molecule has 0 N–H and O–H groups in total. The van der Waals surface area contributed by atoms with Gasteiger partial charge in [0.25, 0.3) is 0 Å². The van der Waals surface area contributed by atoms with Crippen LogP contribution in [0.2, 0.25) is 0 Å². The van der Waals surface area contributed by atoms with Crippen LogP contribution >= 0.6 is 0 Å². The van der Waals surface area contributed by atoms with E-state index in [0.29, 0.717) is 0 Å². The summed E-state index contributed by atoms with van der Waals surface area (Å²) in [7, 11) is -0.927. The number of carbonyl (C=O) groups is 1. The van der Waals surface area contributed by atoms with Gasteiger partial charge in [-0.05, 0) is 48.5 Å². The van der Waals surface area contributed by atoms with Crippen molar-refractivity contribution in [2.75, 3.05) is 0 Å². The van der Waals surface area contributed by atoms with Crippen LogP contribution in [0.5, 0.6) is 0 Å². The van der Waals surface area contributed by atoms with E-state index in [1.54, 1.807) is 0 Å². The van der Waals surface area contributed by atoms with Crippen molar-refractivity contribution in [2.45, 2.75) is 65.3 Å². The van der Waals surface area contributed by atoms with Gasteiger partial charge in [-0.3, -0.25) is 4.79 Å². The van der Waals surface area contributed by atoms with Gasteiger partial charge in [0.2, 0.25) is 0 Å². The molecular formula is C11H21BO4. The zero-order valence-electron chi connectivity index (χ0n) is 11.2. The van der Waals surface area contributed by atoms with Crippen molar-refractivity contribution >= 4 is 13.0 Å². The zero-order valence-corrected chi connectivity index (χ0v) is 11.2. The SMILES string of the molecule is CC(C)(C)OC(=O)B1OC(C)(C)C(C)(C)O1. The minimum absolute atomic E-state index is 0.467. The van der Waals surface area contributed by atoms with Gasteiger partial charge in [-0.15, -0.1) is 0 Å². The topological polar surface area (TPSA) is 44.8 Å². The molecule has 0 aromatic rings. The number of rotatable bonds is 1. The van der Waals surface area contributed by atoms with Crippen LogP contribution in [-0.2, 0) is 14.0 Å². The van der Waals surface area contributed by atoms with Crippen molar-refractivity contribution < 1.29 is 18.8 Å². The van der Waals surface area contributed by atoms with Crippen LogP contribution < -0.4 is 0 Å². The van der Waals surface area contributed by atoms with Crippen LogP contribution in [0, 0.1) is 0 Å². The Morgan fingerprint density at radius 2 is 1.44 bits per heavy atom. The fraction of sp³-hybridized carbons (Fsp3) is 0.909. The lowest BCUT2D eigenvalue weighted by Crippen LogP contribution is -2.41. The number of ether oxygens (including phenoxy) is 1. The van der Waals surface area contributed by atoms with E-state index in [0.717, 1.165) is 0 Å². The Morgan fingerprint density at radius 1 is 1.06 bits per heavy atom. The Morgan fingerprint density at radius 3 is 1.75 bits per heavy atom. The van der Waals surface area contributed by atoms with Crippen LogP contribution in [0.4, 0.5) is 4.79 Å². The van der Waals surface area contributed by atoms with Gasteiger partial charge in [0.15, 0.2) is 0 Å². The van der Waals surface area contributed by atoms with Crippen molar-refractivity contribution in [1.29, 1.82) is 0 Å². The molecule has 1 heterocycles. The lowest BCUT2D eigenvalue weighted by molar-refractivity contribution is 0.00578. The van der Waals surface area contributed by atoms with Crippen LogP contribution in [0.25, 0.3) is 0 Å². The van der Waals surface area contributed by atoms with E-state index in [1.165, 1.54) is 0 Å². The average molecular weight is 228 g/mol. The van der Waals surface area contributed by atoms with Gasteiger partial charge in [0.1, 0.15) is 5.60 Å². The Kier molecular flexibility index (Phi) is 3.16. The highest BCUT2D eigenvalue weighted by molar-refractivity contribution is 6.79. The molecular weight excluding hydrogens is 207 g/mol. The Bertz CT molecular complexity index is 275. The van der Waals surface area contributed by atoms with E-state index in [1.807, 2.05) is 48.5 Å². The lowest BCUT2D eigenvalue weighted by atomic mass is 9.90. The summed E-state index contributed by atoms with van der Waals surface area (Å²) in [6.45, 7) is 13.0. The van der Waals surface area contributed by atoms with E-state index in [4.69, 9.17) is 14.0 Å². The first-order valence-electron chi connectivity index (χ1n) is 5.53. The highest BCUT2D eigenvalue weighted by Gasteiger charge is 2.55. The first-order chi connectivity index (χ1) is 6.95. The fourth-order valence-electron chi connectivity index (χ4n) is 1.29. The monoisotopic (exact) mass is 228 g/mol. The summed E-state index contributed by atoms with van der Waals surface area (Å²) in [5.74, 6) is -0.467. The molecule has 0 aromatic carbocycles. The third kappa shape index (κ3) is 2.77. The van der Waals surface area contributed by atoms with E-state index >= 15 is 0 Å². The molecule has 0 aromatic heterocycles. The number of carbonyl (C=O) groups excluding carboxylic acids is 1. The first kappa shape index (κ1) is 13.5. The van der Waals surface area contributed by atoms with E-state index in [9.17, 15) is 4.79 Å². The van der Waals surface area contributed by atoms with Crippen LogP contribution in [-0.4, -0.2) is 29.8 Å². The second-order valence-corrected chi connectivity index (χ2v) is 6.12. The molecule has 0 unspecified atom stereocenters. The molecule has 1 aliphatic rings. The number of hydrogen-bond acceptors (Lipinski definition) is 4. The Balaban J connectivity index is 2.70. The molecule has 4 nitrogen and oxygen atoms in total. The molecule has 0 spiro atoms. The van der Waals surface area contributed by atoms with Crippen molar-refractivity contribution in [3.05, 3.63) is 0 Å². The van der Waals surface area contributed by atoms with Gasteiger partial charge in [-0.1, -0.05) is 0 Å². The maximum atomic E-state index is 11.8. The molecule has 1 rings (SSSR count). The minimum atomic E-state index is -0.927. The third-order valence-electron chi connectivity index (χ3n) is 2.85. The Labute approximate surface area is 97.8 Å². The summed E-state index contributed by atoms with van der Waals surface area (Å²) in [5.41, 5.74) is -1.54. The van der Waals surface area contributed by atoms with E-state index in [-0.39, 0.29) is 0 Å². The van der Waals surface area contributed by atoms with Gasteiger partial charge in [-0.25, -0.2) is 0 Å². The smallest absolute Gasteiger partial charge is 0.463 e. The molecule has 0 aliphatic carbocycles. The molecule has 1 fully saturated rings. The van der Waals surface area contributed by atoms with Gasteiger partial charge >= 0.3 is 13.0 Å². The maximum Gasteiger partial charge on any atom is 0.585 e. The average Bonchev–Trinajstić information content (AvgIpc) is 2.17. The number of hydrogen-bond donors (Lipinski definition) is 0. The summed E-state index contributed by atoms with van der Waals surface area (Å²) in [6, 6.07) is 0. The van der Waals surface area contributed by atoms with Crippen LogP contribution in [0.1, 0.15) is 48.5 Å². The lowest BCUT2D eigenvalue weighted by Gasteiger charge is -2.32. The molecule has 1 aliphatic heterocycles. The quantitative estimate of drug-likeness (QED) is 0.647. The molecule has 0 saturated carbocycles. The molecule has 0 atom stereocenters. The first-order valence-corrected chi connectivity index (χ1v) is 5.53. The normalized spacial score (nSPS) is 23.3. The van der Waals surface area contributed by atoms with Crippen molar-refractivity contribution in [3.8, 4) is 0 Å². The summed E-state index contributed by atoms with van der Waals surface area (Å²) in [5, 5.41) is 0. The predicted octanol–water partition coefficient (Wildman–Crippen LogP) is 2.60. The minimum Gasteiger partial charge on any atom is -0.463 e. The summed E-state index contributed by atoms with van der Waals surface area (Å²) >= 11 is 0. The van der Waals surface area contributed by atoms with Gasteiger partial charge in [-0.2, -0.15) is 0 Å². The molecule has 0 radical (unpaired) electrons. The Hall–Kier alpha value is -0.545. The summed E-state index contributed by atoms with van der Waals surface area (Å²) in [6.07, 6.45) is 0. The zero-order chi connectivity index (χ0) is 12.8. The fourth-order valence-corrected chi connectivity index (χ4v) is 1.29. The largest absolute Gasteiger partial charge is 0.585 e. The standard InChI is InChI=1S/C11H21BO4/c1-9(2,3)14-8(13)12-15-10(4,5)11(6,7)16-12/h1-7H3. The second kappa shape index (κ2) is 3.74. The van der Waals surface area contributed by atoms with Gasteiger partial charge in [0.05, 0.1) is 11.2 Å². The van der Waals surface area contributed by atoms with E-state index in [2.05, 4.69) is 0 Å². The summed E-state index contributed by atoms with van der Waals surface area (Å²) < 4.78 is 16.4. The highest BCUT2D eigenvalue weighted by Crippen LogP contribution is 2.37. The van der Waals surface area contributed by atoms with Crippen LogP contribution in [0.3, 0.4) is 0 Å². The van der Waals surface area contributed by atoms with Gasteiger partial charge in [0, 0.05) is 0 Å². The van der Waals surface area contributed by atoms with E-state index < -0.39 is 29.8 Å². The van der Waals surface area contributed by atoms with Crippen molar-refractivity contribution in [1.82, 2.24) is 0 Å². The molecule has 0 bridgehead atoms. The molecule has 16 heavy (non-hydrogen) atoms. The predicted molar refractivity (Wildman–Crippen MR) is 62.3 cm³/mol. The molecule has 92 valence electrons. The maximum absolute atomic E-state index is 11.8. The van der Waals surface area contributed by atoms with Crippen molar-refractivity contribution in [3.63, 3.8) is 0 Å². The highest BCUT2D eigenvalue weighted by atomic mass is 16.7. The third-order valence-corrected chi connectivity index (χ3v) is 2.85. The van der Waals surface area contributed by atoms with Crippen molar-refractivity contribution in [2.24, 2.45) is 0 Å². The summed E-state index contributed by atoms with van der Waals surface area (Å²) in [4.78, 5) is 11.8. The second-order valence-electron chi connectivity index (χ2n) is 6.12. The molecule has 5 heteroatoms. The van der Waals surface area contributed by atoms with Gasteiger partial charge < -0.3 is 14.0 Å². The van der Waals surface area contributed by atoms with Crippen LogP contribution in [0.15, 0.2) is 0 Å².